The van der Waals surface area contributed by atoms with Crippen LogP contribution in [0.25, 0.3) is 0 Å². The molecule has 0 aromatic heterocycles. The third-order valence-corrected chi connectivity index (χ3v) is 7.50. The summed E-state index contributed by atoms with van der Waals surface area (Å²) < 4.78 is 11.3. The lowest BCUT2D eigenvalue weighted by Crippen LogP contribution is -2.45. The maximum atomic E-state index is 13.4. The van der Waals surface area contributed by atoms with Gasteiger partial charge in [-0.05, 0) is 60.9 Å². The molecule has 0 radical (unpaired) electrons. The number of amides is 2. The summed E-state index contributed by atoms with van der Waals surface area (Å²) in [7, 11) is 0. The van der Waals surface area contributed by atoms with Gasteiger partial charge in [-0.1, -0.05) is 84.9 Å². The van der Waals surface area contributed by atoms with E-state index in [1.165, 1.54) is 0 Å². The fourth-order valence-corrected chi connectivity index (χ4v) is 5.08. The van der Waals surface area contributed by atoms with E-state index in [9.17, 15) is 19.5 Å². The average molecular weight is 599 g/mol. The number of aliphatic hydroxyl groups excluding tert-OH is 1. The summed E-state index contributed by atoms with van der Waals surface area (Å²) in [5, 5.41) is 15.9. The second-order valence-electron chi connectivity index (χ2n) is 11.1. The van der Waals surface area contributed by atoms with Crippen LogP contribution in [0.5, 0.6) is 5.75 Å². The van der Waals surface area contributed by atoms with Crippen LogP contribution in [-0.4, -0.2) is 48.2 Å². The number of cyclic esters (lactones) is 1. The fraction of sp³-hybridized carbons (Fsp3) is 0.361. The Bertz CT molecular complexity index is 1340. The van der Waals surface area contributed by atoms with Crippen molar-refractivity contribution in [1.29, 1.82) is 0 Å². The minimum absolute atomic E-state index is 0.0310. The molecule has 8 nitrogen and oxygen atoms in total. The zero-order valence-electron chi connectivity index (χ0n) is 25.0. The molecule has 2 amide bonds. The van der Waals surface area contributed by atoms with E-state index in [0.29, 0.717) is 45.1 Å². The van der Waals surface area contributed by atoms with Gasteiger partial charge in [0.1, 0.15) is 19.0 Å². The van der Waals surface area contributed by atoms with Gasteiger partial charge < -0.3 is 25.2 Å². The van der Waals surface area contributed by atoms with E-state index < -0.39 is 18.0 Å². The first kappa shape index (κ1) is 32.5. The molecule has 44 heavy (non-hydrogen) atoms. The molecular weight excluding hydrogens is 556 g/mol. The number of aliphatic hydroxyl groups is 1. The number of rotatable bonds is 11. The molecule has 0 fully saturated rings. The van der Waals surface area contributed by atoms with E-state index in [2.05, 4.69) is 10.6 Å². The van der Waals surface area contributed by atoms with Crippen molar-refractivity contribution in [3.8, 4) is 5.75 Å². The van der Waals surface area contributed by atoms with E-state index in [4.69, 9.17) is 9.47 Å². The molecule has 0 saturated heterocycles. The lowest BCUT2D eigenvalue weighted by molar-refractivity contribution is -0.145. The number of carbonyl (C=O) groups excluding carboxylic acids is 3. The molecule has 1 aliphatic heterocycles. The van der Waals surface area contributed by atoms with E-state index >= 15 is 0 Å². The van der Waals surface area contributed by atoms with Gasteiger partial charge in [-0.15, -0.1) is 0 Å². The molecule has 232 valence electrons. The highest BCUT2D eigenvalue weighted by Gasteiger charge is 2.25. The predicted molar refractivity (Wildman–Crippen MR) is 169 cm³/mol. The number of esters is 1. The molecule has 4 rings (SSSR count). The molecule has 0 spiro atoms. The number of carbonyl (C=O) groups is 3. The van der Waals surface area contributed by atoms with Crippen molar-refractivity contribution < 1.29 is 29.0 Å². The van der Waals surface area contributed by atoms with Crippen molar-refractivity contribution in [3.63, 3.8) is 0 Å². The summed E-state index contributed by atoms with van der Waals surface area (Å²) in [5.41, 5.74) is 3.03. The number of allylic oxidation sites excluding steroid dienone is 2. The van der Waals surface area contributed by atoms with Gasteiger partial charge in [0.2, 0.25) is 11.8 Å². The Labute approximate surface area is 259 Å². The second kappa shape index (κ2) is 17.6. The molecule has 1 heterocycles. The smallest absolute Gasteiger partial charge is 0.305 e. The molecule has 0 aliphatic carbocycles. The lowest BCUT2D eigenvalue weighted by atomic mass is 9.97. The first-order chi connectivity index (χ1) is 21.5. The molecule has 1 aliphatic rings. The van der Waals surface area contributed by atoms with E-state index in [1.807, 2.05) is 97.1 Å². The van der Waals surface area contributed by atoms with Crippen LogP contribution in [0.4, 0.5) is 0 Å². The summed E-state index contributed by atoms with van der Waals surface area (Å²) in [5.74, 6) is -0.741. The Morgan fingerprint density at radius 2 is 1.64 bits per heavy atom. The van der Waals surface area contributed by atoms with Gasteiger partial charge in [0.05, 0.1) is 24.6 Å². The van der Waals surface area contributed by atoms with E-state index in [0.717, 1.165) is 22.4 Å². The van der Waals surface area contributed by atoms with Crippen LogP contribution >= 0.6 is 0 Å². The van der Waals surface area contributed by atoms with Crippen molar-refractivity contribution in [3.05, 3.63) is 114 Å². The van der Waals surface area contributed by atoms with Crippen molar-refractivity contribution >= 4 is 17.8 Å². The third-order valence-electron chi connectivity index (χ3n) is 7.50. The average Bonchev–Trinajstić information content (AvgIpc) is 3.05. The van der Waals surface area contributed by atoms with Gasteiger partial charge in [0, 0.05) is 12.8 Å². The Kier molecular flexibility index (Phi) is 13.0. The van der Waals surface area contributed by atoms with Gasteiger partial charge in [-0.3, -0.25) is 14.4 Å². The third kappa shape index (κ3) is 11.3. The summed E-state index contributed by atoms with van der Waals surface area (Å²) in [6.07, 6.45) is 6.78. The first-order valence-electron chi connectivity index (χ1n) is 15.3. The Balaban J connectivity index is 1.34. The summed E-state index contributed by atoms with van der Waals surface area (Å²) in [4.78, 5) is 38.7. The van der Waals surface area contributed by atoms with E-state index in [1.54, 1.807) is 0 Å². The minimum Gasteiger partial charge on any atom is -0.489 e. The maximum absolute atomic E-state index is 13.4. The van der Waals surface area contributed by atoms with Crippen LogP contribution < -0.4 is 15.4 Å². The molecule has 3 aromatic rings. The first-order valence-corrected chi connectivity index (χ1v) is 15.3. The van der Waals surface area contributed by atoms with Crippen LogP contribution in [0.2, 0.25) is 0 Å². The highest BCUT2D eigenvalue weighted by atomic mass is 16.5. The molecule has 0 saturated carbocycles. The second-order valence-corrected chi connectivity index (χ2v) is 11.1. The van der Waals surface area contributed by atoms with Crippen LogP contribution in [0.15, 0.2) is 97.1 Å². The SMILES string of the molecule is O=C(C[C@H]1CC=CCCCC(=O)OC[C@H](Cc2ccccc2)NC1=O)N[C@H](CO)Cc1ccc(OCc2ccccc2)cc1. The predicted octanol–water partition coefficient (Wildman–Crippen LogP) is 4.69. The molecule has 3 N–H and O–H groups in total. The topological polar surface area (TPSA) is 114 Å². The standard InChI is InChI=1S/C36H42N2O6/c39-24-31(21-28-17-19-33(20-18-28)43-25-29-13-7-4-8-14-29)37-34(40)23-30-15-9-1-2-10-16-35(41)44-26-32(38-36(30)42)22-27-11-5-3-6-12-27/h1,3-9,11-14,17-20,30-32,39H,2,10,15-16,21-26H2,(H,37,40)(H,38,42)/t30-,31+,32+/m1/s1. The molecule has 0 unspecified atom stereocenters. The van der Waals surface area contributed by atoms with Gasteiger partial charge in [-0.25, -0.2) is 0 Å². The van der Waals surface area contributed by atoms with Gasteiger partial charge in [-0.2, -0.15) is 0 Å². The Morgan fingerprint density at radius 3 is 2.34 bits per heavy atom. The number of hydrogen-bond donors (Lipinski definition) is 3. The van der Waals surface area contributed by atoms with Crippen molar-refractivity contribution in [1.82, 2.24) is 10.6 Å². The fourth-order valence-electron chi connectivity index (χ4n) is 5.08. The normalized spacial score (nSPS) is 18.5. The summed E-state index contributed by atoms with van der Waals surface area (Å²) >= 11 is 0. The van der Waals surface area contributed by atoms with Crippen molar-refractivity contribution in [2.75, 3.05) is 13.2 Å². The quantitative estimate of drug-likeness (QED) is 0.218. The van der Waals surface area contributed by atoms with Gasteiger partial charge in [0.15, 0.2) is 0 Å². The Morgan fingerprint density at radius 1 is 0.932 bits per heavy atom. The molecule has 3 aromatic carbocycles. The zero-order valence-corrected chi connectivity index (χ0v) is 25.0. The van der Waals surface area contributed by atoms with Crippen molar-refractivity contribution in [2.45, 2.75) is 63.6 Å². The largest absolute Gasteiger partial charge is 0.489 e. The molecule has 8 heteroatoms. The minimum atomic E-state index is -0.610. The van der Waals surface area contributed by atoms with Crippen molar-refractivity contribution in [2.24, 2.45) is 5.92 Å². The van der Waals surface area contributed by atoms with Crippen LogP contribution in [0.3, 0.4) is 0 Å². The highest BCUT2D eigenvalue weighted by Crippen LogP contribution is 2.17. The number of hydrogen-bond acceptors (Lipinski definition) is 6. The lowest BCUT2D eigenvalue weighted by Gasteiger charge is -2.23. The summed E-state index contributed by atoms with van der Waals surface area (Å²) in [6, 6.07) is 26.3. The van der Waals surface area contributed by atoms with E-state index in [-0.39, 0.29) is 37.4 Å². The number of nitrogens with one attached hydrogen (secondary N) is 2. The van der Waals surface area contributed by atoms with Gasteiger partial charge >= 0.3 is 5.97 Å². The number of ether oxygens (including phenoxy) is 2. The van der Waals surface area contributed by atoms with Crippen LogP contribution in [-0.2, 0) is 38.6 Å². The molecule has 0 bridgehead atoms. The Hall–Kier alpha value is -4.43. The zero-order chi connectivity index (χ0) is 31.0. The number of benzene rings is 3. The molecule has 3 atom stereocenters. The maximum Gasteiger partial charge on any atom is 0.305 e. The monoisotopic (exact) mass is 598 g/mol. The molecular formula is C36H42N2O6. The summed E-state index contributed by atoms with van der Waals surface area (Å²) in [6.45, 7) is 0.297. The van der Waals surface area contributed by atoms with Crippen LogP contribution in [0, 0.1) is 5.92 Å². The van der Waals surface area contributed by atoms with Crippen LogP contribution in [0.1, 0.15) is 48.8 Å². The van der Waals surface area contributed by atoms with Gasteiger partial charge in [0.25, 0.3) is 0 Å². The highest BCUT2D eigenvalue weighted by molar-refractivity contribution is 5.86.